The molecule has 2 amide bonds. The normalized spacial score (nSPS) is 13.3. The van der Waals surface area contributed by atoms with E-state index in [-0.39, 0.29) is 11.8 Å². The maximum absolute atomic E-state index is 12.1. The zero-order chi connectivity index (χ0) is 18.6. The summed E-state index contributed by atoms with van der Waals surface area (Å²) in [5.74, 6) is 0.730. The molecule has 3 aromatic rings. The van der Waals surface area contributed by atoms with Crippen molar-refractivity contribution in [3.8, 4) is 5.75 Å². The summed E-state index contributed by atoms with van der Waals surface area (Å²) in [6.45, 7) is 1.18. The number of carbonyl (C=O) groups is 2. The summed E-state index contributed by atoms with van der Waals surface area (Å²) < 4.78 is 6.85. The standard InChI is InChI=1S/C20H21N3O3S/c24-19-6-4-13-3-5-14(11-16(13)23-19)26-9-2-1-8-21-20(25)17-12-18-15(22-17)7-10-27-18/h3,5,7,10-12,22H,1-2,4,6,8-9H2,(H,21,25)(H,23,24). The third-order valence-electron chi connectivity index (χ3n) is 4.59. The monoisotopic (exact) mass is 383 g/mol. The fourth-order valence-electron chi connectivity index (χ4n) is 3.13. The van der Waals surface area contributed by atoms with Crippen molar-refractivity contribution >= 4 is 39.1 Å². The number of nitrogens with one attached hydrogen (secondary N) is 3. The van der Waals surface area contributed by atoms with Gasteiger partial charge in [-0.2, -0.15) is 0 Å². The van der Waals surface area contributed by atoms with Crippen molar-refractivity contribution in [2.45, 2.75) is 25.7 Å². The lowest BCUT2D eigenvalue weighted by Gasteiger charge is -2.17. The average molecular weight is 383 g/mol. The number of anilines is 1. The number of ether oxygens (including phenoxy) is 1. The molecule has 1 aliphatic heterocycles. The Hall–Kier alpha value is -2.80. The highest BCUT2D eigenvalue weighted by molar-refractivity contribution is 7.17. The molecule has 0 aliphatic carbocycles. The van der Waals surface area contributed by atoms with Crippen LogP contribution < -0.4 is 15.4 Å². The lowest BCUT2D eigenvalue weighted by Crippen LogP contribution is -2.25. The highest BCUT2D eigenvalue weighted by atomic mass is 32.1. The molecular formula is C20H21N3O3S. The first kappa shape index (κ1) is 17.6. The minimum atomic E-state index is -0.0789. The van der Waals surface area contributed by atoms with Crippen molar-refractivity contribution in [1.29, 1.82) is 0 Å². The van der Waals surface area contributed by atoms with Crippen molar-refractivity contribution in [1.82, 2.24) is 10.3 Å². The van der Waals surface area contributed by atoms with Gasteiger partial charge < -0.3 is 20.4 Å². The molecule has 3 heterocycles. The summed E-state index contributed by atoms with van der Waals surface area (Å²) in [6.07, 6.45) is 2.99. The molecule has 0 saturated carbocycles. The van der Waals surface area contributed by atoms with Gasteiger partial charge in [0.05, 0.1) is 16.8 Å². The predicted molar refractivity (Wildman–Crippen MR) is 107 cm³/mol. The van der Waals surface area contributed by atoms with Crippen LogP contribution in [-0.4, -0.2) is 29.9 Å². The summed E-state index contributed by atoms with van der Waals surface area (Å²) in [5.41, 5.74) is 3.60. The molecule has 0 radical (unpaired) electrons. The maximum Gasteiger partial charge on any atom is 0.267 e. The van der Waals surface area contributed by atoms with Crippen LogP contribution in [-0.2, 0) is 11.2 Å². The van der Waals surface area contributed by atoms with Crippen molar-refractivity contribution in [2.24, 2.45) is 0 Å². The van der Waals surface area contributed by atoms with E-state index in [1.165, 1.54) is 0 Å². The van der Waals surface area contributed by atoms with E-state index in [4.69, 9.17) is 4.74 Å². The van der Waals surface area contributed by atoms with E-state index in [9.17, 15) is 9.59 Å². The van der Waals surface area contributed by atoms with Gasteiger partial charge in [-0.1, -0.05) is 6.07 Å². The van der Waals surface area contributed by atoms with Gasteiger partial charge in [-0.05, 0) is 48.4 Å². The number of aromatic nitrogens is 1. The SMILES string of the molecule is O=C1CCc2ccc(OCCCCNC(=O)c3cc4sccc4[nH]3)cc2N1. The van der Waals surface area contributed by atoms with E-state index in [0.29, 0.717) is 25.3 Å². The summed E-state index contributed by atoms with van der Waals surface area (Å²) in [4.78, 5) is 26.7. The minimum Gasteiger partial charge on any atom is -0.494 e. The van der Waals surface area contributed by atoms with Gasteiger partial charge in [0.2, 0.25) is 5.91 Å². The van der Waals surface area contributed by atoms with Crippen LogP contribution in [0.3, 0.4) is 0 Å². The number of hydrogen-bond donors (Lipinski definition) is 3. The fraction of sp³-hybridized carbons (Fsp3) is 0.300. The first-order valence-corrected chi connectivity index (χ1v) is 9.97. The Balaban J connectivity index is 1.17. The number of benzene rings is 1. The third-order valence-corrected chi connectivity index (χ3v) is 5.45. The topological polar surface area (TPSA) is 83.2 Å². The van der Waals surface area contributed by atoms with Gasteiger partial charge in [0, 0.05) is 24.7 Å². The van der Waals surface area contributed by atoms with Gasteiger partial charge in [-0.25, -0.2) is 0 Å². The molecule has 6 nitrogen and oxygen atoms in total. The Morgan fingerprint density at radius 2 is 2.11 bits per heavy atom. The molecule has 0 unspecified atom stereocenters. The summed E-state index contributed by atoms with van der Waals surface area (Å²) in [6, 6.07) is 9.68. The molecule has 1 aliphatic rings. The summed E-state index contributed by atoms with van der Waals surface area (Å²) in [7, 11) is 0. The largest absolute Gasteiger partial charge is 0.494 e. The van der Waals surface area contributed by atoms with Crippen LogP contribution >= 0.6 is 11.3 Å². The highest BCUT2D eigenvalue weighted by Crippen LogP contribution is 2.27. The van der Waals surface area contributed by atoms with Crippen LogP contribution in [0.25, 0.3) is 10.2 Å². The fourth-order valence-corrected chi connectivity index (χ4v) is 3.91. The van der Waals surface area contributed by atoms with Crippen LogP contribution in [0, 0.1) is 0 Å². The first-order valence-electron chi connectivity index (χ1n) is 9.09. The van der Waals surface area contributed by atoms with Gasteiger partial charge in [-0.15, -0.1) is 11.3 Å². The van der Waals surface area contributed by atoms with Crippen LogP contribution in [0.5, 0.6) is 5.75 Å². The number of amides is 2. The number of rotatable bonds is 7. The van der Waals surface area contributed by atoms with Crippen LogP contribution in [0.2, 0.25) is 0 Å². The Kier molecular flexibility index (Phi) is 5.11. The number of aryl methyl sites for hydroxylation is 1. The van der Waals surface area contributed by atoms with Gasteiger partial charge >= 0.3 is 0 Å². The van der Waals surface area contributed by atoms with E-state index < -0.39 is 0 Å². The summed E-state index contributed by atoms with van der Waals surface area (Å²) >= 11 is 1.62. The average Bonchev–Trinajstić information content (AvgIpc) is 3.26. The molecule has 0 bridgehead atoms. The van der Waals surface area contributed by atoms with E-state index in [1.54, 1.807) is 11.3 Å². The quantitative estimate of drug-likeness (QED) is 0.544. The molecule has 0 saturated heterocycles. The molecule has 2 aromatic heterocycles. The number of carbonyl (C=O) groups excluding carboxylic acids is 2. The second-order valence-electron chi connectivity index (χ2n) is 6.56. The first-order chi connectivity index (χ1) is 13.2. The van der Waals surface area contributed by atoms with E-state index in [2.05, 4.69) is 15.6 Å². The van der Waals surface area contributed by atoms with Crippen LogP contribution in [0.1, 0.15) is 35.3 Å². The summed E-state index contributed by atoms with van der Waals surface area (Å²) in [5, 5.41) is 7.80. The molecule has 1 aromatic carbocycles. The van der Waals surface area contributed by atoms with Gasteiger partial charge in [0.25, 0.3) is 5.91 Å². The Bertz CT molecular complexity index is 947. The molecule has 27 heavy (non-hydrogen) atoms. The molecule has 0 spiro atoms. The zero-order valence-corrected chi connectivity index (χ0v) is 15.7. The number of aromatic amines is 1. The van der Waals surface area contributed by atoms with Gasteiger partial charge in [0.1, 0.15) is 11.4 Å². The van der Waals surface area contributed by atoms with Crippen molar-refractivity contribution in [2.75, 3.05) is 18.5 Å². The number of H-pyrrole nitrogens is 1. The highest BCUT2D eigenvalue weighted by Gasteiger charge is 2.15. The maximum atomic E-state index is 12.1. The molecular weight excluding hydrogens is 362 g/mol. The van der Waals surface area contributed by atoms with Crippen molar-refractivity contribution in [3.05, 3.63) is 47.0 Å². The second kappa shape index (κ2) is 7.84. The predicted octanol–water partition coefficient (Wildman–Crippen LogP) is 3.70. The zero-order valence-electron chi connectivity index (χ0n) is 14.8. The van der Waals surface area contributed by atoms with Crippen LogP contribution in [0.4, 0.5) is 5.69 Å². The lowest BCUT2D eigenvalue weighted by molar-refractivity contribution is -0.116. The van der Waals surface area contributed by atoms with E-state index in [0.717, 1.165) is 46.5 Å². The molecule has 7 heteroatoms. The van der Waals surface area contributed by atoms with E-state index in [1.807, 2.05) is 35.7 Å². The van der Waals surface area contributed by atoms with Gasteiger partial charge in [-0.3, -0.25) is 9.59 Å². The number of fused-ring (bicyclic) bond motifs is 2. The molecule has 0 fully saturated rings. The number of thiophene rings is 1. The van der Waals surface area contributed by atoms with Crippen molar-refractivity contribution < 1.29 is 14.3 Å². The Morgan fingerprint density at radius 1 is 1.19 bits per heavy atom. The smallest absolute Gasteiger partial charge is 0.267 e. The second-order valence-corrected chi connectivity index (χ2v) is 7.51. The number of unbranched alkanes of at least 4 members (excludes halogenated alkanes) is 1. The van der Waals surface area contributed by atoms with Gasteiger partial charge in [0.15, 0.2) is 0 Å². The molecule has 140 valence electrons. The molecule has 0 atom stereocenters. The Morgan fingerprint density at radius 3 is 3.00 bits per heavy atom. The molecule has 3 N–H and O–H groups in total. The van der Waals surface area contributed by atoms with Crippen LogP contribution in [0.15, 0.2) is 35.7 Å². The number of hydrogen-bond acceptors (Lipinski definition) is 4. The van der Waals surface area contributed by atoms with Crippen molar-refractivity contribution in [3.63, 3.8) is 0 Å². The molecule has 4 rings (SSSR count). The Labute approximate surface area is 160 Å². The third kappa shape index (κ3) is 4.14. The van der Waals surface area contributed by atoms with E-state index >= 15 is 0 Å². The minimum absolute atomic E-state index is 0.0531. The lowest BCUT2D eigenvalue weighted by atomic mass is 10.0.